The molecule has 60 heavy (non-hydrogen) atoms. The summed E-state index contributed by atoms with van der Waals surface area (Å²) < 4.78 is 12.8. The lowest BCUT2D eigenvalue weighted by Gasteiger charge is -2.18. The monoisotopic (exact) mass is 764 g/mol. The average molecular weight is 765 g/mol. The minimum absolute atomic E-state index is 0.0261. The molecule has 0 radical (unpaired) electrons. The number of hydrogen-bond acceptors (Lipinski definition) is 2. The van der Waals surface area contributed by atoms with Gasteiger partial charge >= 0.3 is 0 Å². The lowest BCUT2D eigenvalue weighted by molar-refractivity contribution is 0.288. The van der Waals surface area contributed by atoms with Crippen LogP contribution >= 0.6 is 0 Å². The second-order valence-electron chi connectivity index (χ2n) is 16.3. The summed E-state index contributed by atoms with van der Waals surface area (Å²) in [4.78, 5) is 0. The van der Waals surface area contributed by atoms with Crippen LogP contribution in [0.5, 0.6) is 5.75 Å². The van der Waals surface area contributed by atoms with Crippen molar-refractivity contribution in [2.75, 3.05) is 0 Å². The number of ether oxygens (including phenoxy) is 1. The highest BCUT2D eigenvalue weighted by atomic mass is 16.5. The van der Waals surface area contributed by atoms with E-state index in [0.717, 1.165) is 38.8 Å². The molecule has 2 unspecified atom stereocenters. The lowest BCUT2D eigenvalue weighted by Crippen LogP contribution is -2.34. The Labute approximate surface area is 346 Å². The lowest BCUT2D eigenvalue weighted by atomic mass is 9.85. The van der Waals surface area contributed by atoms with Crippen LogP contribution in [-0.2, 0) is 0 Å². The summed E-state index contributed by atoms with van der Waals surface area (Å²) in [6, 6.07) is 70.7. The summed E-state index contributed by atoms with van der Waals surface area (Å²) in [6.07, 6.45) is 4.66. The van der Waals surface area contributed by atoms with Crippen LogP contribution in [0.2, 0.25) is 0 Å². The van der Waals surface area contributed by atoms with Gasteiger partial charge in [0.15, 0.2) is 0 Å². The van der Waals surface area contributed by atoms with Gasteiger partial charge in [0, 0.05) is 22.3 Å². The molecule has 11 aromatic rings. The van der Waals surface area contributed by atoms with Crippen LogP contribution in [0.1, 0.15) is 11.5 Å². The Morgan fingerprint density at radius 3 is 1.52 bits per heavy atom. The van der Waals surface area contributed by atoms with E-state index in [-0.39, 0.29) is 12.0 Å². The van der Waals surface area contributed by atoms with Gasteiger partial charge in [0.1, 0.15) is 23.0 Å². The quantitative estimate of drug-likeness (QED) is 0.167. The number of furan rings is 1. The summed E-state index contributed by atoms with van der Waals surface area (Å²) in [5, 5.41) is 12.3. The van der Waals surface area contributed by atoms with E-state index in [1.165, 1.54) is 81.7 Å². The molecule has 10 aromatic carbocycles. The van der Waals surface area contributed by atoms with Gasteiger partial charge in [0.2, 0.25) is 0 Å². The van der Waals surface area contributed by atoms with Gasteiger partial charge in [-0.3, -0.25) is 0 Å². The minimum Gasteiger partial charge on any atom is -0.485 e. The van der Waals surface area contributed by atoms with E-state index >= 15 is 0 Å². The molecule has 2 nitrogen and oxygen atoms in total. The molecular weight excluding hydrogens is 729 g/mol. The van der Waals surface area contributed by atoms with Crippen LogP contribution in [-0.4, -0.2) is 6.10 Å². The van der Waals surface area contributed by atoms with E-state index in [2.05, 4.69) is 206 Å². The van der Waals surface area contributed by atoms with E-state index in [9.17, 15) is 0 Å². The second-order valence-corrected chi connectivity index (χ2v) is 16.3. The Kier molecular flexibility index (Phi) is 7.17. The number of benzene rings is 10. The van der Waals surface area contributed by atoms with E-state index in [4.69, 9.17) is 9.15 Å². The van der Waals surface area contributed by atoms with Gasteiger partial charge in [-0.25, -0.2) is 0 Å². The summed E-state index contributed by atoms with van der Waals surface area (Å²) in [7, 11) is 0. The van der Waals surface area contributed by atoms with Gasteiger partial charge in [0.25, 0.3) is 0 Å². The van der Waals surface area contributed by atoms with Crippen molar-refractivity contribution in [2.24, 2.45) is 0 Å². The Morgan fingerprint density at radius 1 is 0.333 bits per heavy atom. The molecule has 0 saturated carbocycles. The van der Waals surface area contributed by atoms with Gasteiger partial charge in [-0.05, 0) is 136 Å². The van der Waals surface area contributed by atoms with Gasteiger partial charge in [0.05, 0.1) is 0 Å². The van der Waals surface area contributed by atoms with Crippen LogP contribution in [0, 0.1) is 0 Å². The maximum Gasteiger partial charge on any atom is 0.135 e. The van der Waals surface area contributed by atoms with Crippen LogP contribution < -0.4 is 15.2 Å². The molecule has 1 aliphatic heterocycles. The van der Waals surface area contributed by atoms with Crippen LogP contribution in [0.15, 0.2) is 199 Å². The average Bonchev–Trinajstić information content (AvgIpc) is 3.86. The Bertz CT molecular complexity index is 3640. The maximum absolute atomic E-state index is 6.43. The van der Waals surface area contributed by atoms with Gasteiger partial charge in [-0.15, -0.1) is 0 Å². The molecular formula is C58H36O2. The predicted molar refractivity (Wildman–Crippen MR) is 250 cm³/mol. The van der Waals surface area contributed by atoms with Crippen molar-refractivity contribution < 1.29 is 9.15 Å². The number of hydrogen-bond donors (Lipinski definition) is 0. The summed E-state index contributed by atoms with van der Waals surface area (Å²) in [5.74, 6) is 1.17. The first kappa shape index (κ1) is 33.3. The van der Waals surface area contributed by atoms with Crippen LogP contribution in [0.3, 0.4) is 0 Å². The molecule has 2 heterocycles. The zero-order chi connectivity index (χ0) is 39.3. The first-order chi connectivity index (χ1) is 29.7. The van der Waals surface area contributed by atoms with E-state index in [1.807, 2.05) is 0 Å². The van der Waals surface area contributed by atoms with Crippen molar-refractivity contribution in [3.05, 3.63) is 210 Å². The molecule has 2 atom stereocenters. The van der Waals surface area contributed by atoms with Crippen LogP contribution in [0.4, 0.5) is 0 Å². The highest BCUT2D eigenvalue weighted by Crippen LogP contribution is 2.46. The fourth-order valence-corrected chi connectivity index (χ4v) is 10.1. The topological polar surface area (TPSA) is 22.4 Å². The molecule has 0 N–H and O–H groups in total. The zero-order valence-corrected chi connectivity index (χ0v) is 32.6. The zero-order valence-electron chi connectivity index (χ0n) is 32.6. The molecule has 13 rings (SSSR count). The van der Waals surface area contributed by atoms with Crippen molar-refractivity contribution >= 4 is 66.4 Å². The molecule has 2 aliphatic rings. The molecule has 0 fully saturated rings. The van der Waals surface area contributed by atoms with Gasteiger partial charge in [-0.1, -0.05) is 158 Å². The summed E-state index contributed by atoms with van der Waals surface area (Å²) >= 11 is 0. The third kappa shape index (κ3) is 5.14. The molecule has 280 valence electrons. The van der Waals surface area contributed by atoms with E-state index < -0.39 is 0 Å². The third-order valence-corrected chi connectivity index (χ3v) is 13.0. The van der Waals surface area contributed by atoms with Gasteiger partial charge in [-0.2, -0.15) is 0 Å². The largest absolute Gasteiger partial charge is 0.485 e. The molecule has 1 aromatic heterocycles. The highest BCUT2D eigenvalue weighted by Gasteiger charge is 2.33. The summed E-state index contributed by atoms with van der Waals surface area (Å²) in [6.45, 7) is 0. The van der Waals surface area contributed by atoms with Gasteiger partial charge < -0.3 is 9.15 Å². The minimum atomic E-state index is 0.0261. The number of rotatable bonds is 4. The van der Waals surface area contributed by atoms with Crippen molar-refractivity contribution in [3.63, 3.8) is 0 Å². The molecule has 0 bridgehead atoms. The molecule has 1 aliphatic carbocycles. The normalized spacial score (nSPS) is 15.4. The van der Waals surface area contributed by atoms with Crippen molar-refractivity contribution in [3.8, 4) is 50.3 Å². The first-order valence-electron chi connectivity index (χ1n) is 20.8. The SMILES string of the molecule is C1=c2ccccc2=CC2c3cc(-c4ccc5oc6ccc(-c7ccc(-c8c9ccccc9c(-c9ccc%10ccccc%10c9)c9ccccc89)cc7)cc6c5c4)ccc3OC12. The Morgan fingerprint density at radius 2 is 0.833 bits per heavy atom. The fraction of sp³-hybridized carbons (Fsp3) is 0.0345. The molecule has 0 saturated heterocycles. The fourth-order valence-electron chi connectivity index (χ4n) is 10.1. The Balaban J connectivity index is 0.877. The van der Waals surface area contributed by atoms with Crippen LogP contribution in [0.25, 0.3) is 111 Å². The van der Waals surface area contributed by atoms with Crippen molar-refractivity contribution in [1.82, 2.24) is 0 Å². The molecule has 0 spiro atoms. The van der Waals surface area contributed by atoms with E-state index in [1.54, 1.807) is 0 Å². The Hall–Kier alpha value is -7.68. The number of fused-ring (bicyclic) bond motifs is 10. The van der Waals surface area contributed by atoms with Crippen molar-refractivity contribution in [1.29, 1.82) is 0 Å². The first-order valence-corrected chi connectivity index (χ1v) is 20.8. The highest BCUT2D eigenvalue weighted by molar-refractivity contribution is 6.21. The molecule has 2 heteroatoms. The van der Waals surface area contributed by atoms with E-state index in [0.29, 0.717) is 0 Å². The summed E-state index contributed by atoms with van der Waals surface area (Å²) in [5.41, 5.74) is 12.7. The predicted octanol–water partition coefficient (Wildman–Crippen LogP) is 13.8. The van der Waals surface area contributed by atoms with Crippen molar-refractivity contribution in [2.45, 2.75) is 12.0 Å². The third-order valence-electron chi connectivity index (χ3n) is 13.0. The molecule has 0 amide bonds. The standard InChI is InChI=1S/C58H36O2/c1-2-10-38-29-44(22-19-35(38)9-1)58-47-15-7-5-13-45(47)57(46-14-6-8-16-48(46)58)37-20-17-36(18-21-37)41-23-26-53-49(31-41)50-32-42(24-27-54(50)59-53)43-25-28-55-51(33-43)52-30-39-11-3-4-12-40(39)34-56(52)60-55/h1-34,52,56H. The second kappa shape index (κ2) is 12.9. The maximum atomic E-state index is 6.43. The smallest absolute Gasteiger partial charge is 0.135 e.